The van der Waals surface area contributed by atoms with Gasteiger partial charge < -0.3 is 24.9 Å². The molecule has 0 spiro atoms. The van der Waals surface area contributed by atoms with E-state index in [-0.39, 0.29) is 13.2 Å². The molecular weight excluding hydrogens is 318 g/mol. The zero-order chi connectivity index (χ0) is 17.7. The molecule has 136 valence electrons. The number of aliphatic imine (C=N–C) groups is 1. The largest absolute Gasteiger partial charge is 0.469 e. The number of aliphatic hydroxyl groups is 1. The summed E-state index contributed by atoms with van der Waals surface area (Å²) in [6.07, 6.45) is 1.81. The molecular formula is C19H27N3O3. The predicted molar refractivity (Wildman–Crippen MR) is 98.5 cm³/mol. The zero-order valence-electron chi connectivity index (χ0n) is 14.6. The summed E-state index contributed by atoms with van der Waals surface area (Å²) in [6.45, 7) is 4.49. The van der Waals surface area contributed by atoms with E-state index in [1.165, 1.54) is 0 Å². The predicted octanol–water partition coefficient (Wildman–Crippen LogP) is 1.95. The summed E-state index contributed by atoms with van der Waals surface area (Å²) in [5.74, 6) is 1.61. The normalized spacial score (nSPS) is 12.8. The van der Waals surface area contributed by atoms with Crippen molar-refractivity contribution < 1.29 is 14.3 Å². The number of hydrogen-bond acceptors (Lipinski definition) is 4. The van der Waals surface area contributed by atoms with Crippen LogP contribution in [0.4, 0.5) is 0 Å². The number of benzene rings is 1. The van der Waals surface area contributed by atoms with Crippen LogP contribution < -0.4 is 10.6 Å². The highest BCUT2D eigenvalue weighted by atomic mass is 16.5. The van der Waals surface area contributed by atoms with Gasteiger partial charge in [-0.1, -0.05) is 30.3 Å². The molecule has 2 rings (SSSR count). The van der Waals surface area contributed by atoms with Gasteiger partial charge in [-0.25, -0.2) is 0 Å². The Hall–Kier alpha value is -2.31. The first-order chi connectivity index (χ1) is 12.3. The van der Waals surface area contributed by atoms with Crippen LogP contribution in [-0.4, -0.2) is 43.4 Å². The third kappa shape index (κ3) is 7.87. The fourth-order valence-corrected chi connectivity index (χ4v) is 2.24. The first-order valence-corrected chi connectivity index (χ1v) is 8.62. The van der Waals surface area contributed by atoms with Gasteiger partial charge in [0.2, 0.25) is 0 Å². The number of furan rings is 1. The van der Waals surface area contributed by atoms with Crippen LogP contribution in [0.25, 0.3) is 0 Å². The van der Waals surface area contributed by atoms with Crippen molar-refractivity contribution in [3.05, 3.63) is 60.1 Å². The summed E-state index contributed by atoms with van der Waals surface area (Å²) in [6, 6.07) is 13.7. The molecule has 0 radical (unpaired) electrons. The molecule has 0 saturated heterocycles. The van der Waals surface area contributed by atoms with Crippen LogP contribution >= 0.6 is 0 Å². The van der Waals surface area contributed by atoms with Crippen LogP contribution in [0.1, 0.15) is 18.2 Å². The van der Waals surface area contributed by atoms with E-state index in [4.69, 9.17) is 9.15 Å². The van der Waals surface area contributed by atoms with Crippen molar-refractivity contribution in [1.29, 1.82) is 0 Å². The van der Waals surface area contributed by atoms with Crippen molar-refractivity contribution in [2.24, 2.45) is 4.99 Å². The van der Waals surface area contributed by atoms with Gasteiger partial charge in [-0.15, -0.1) is 0 Å². The highest BCUT2D eigenvalue weighted by molar-refractivity contribution is 5.79. The number of hydrogen-bond donors (Lipinski definition) is 3. The Morgan fingerprint density at radius 3 is 2.76 bits per heavy atom. The lowest BCUT2D eigenvalue weighted by molar-refractivity contribution is 0.0331. The smallest absolute Gasteiger partial charge is 0.191 e. The molecule has 1 unspecified atom stereocenters. The third-order valence-corrected chi connectivity index (χ3v) is 3.47. The monoisotopic (exact) mass is 345 g/mol. The molecule has 1 atom stereocenters. The average molecular weight is 345 g/mol. The number of nitrogens with zero attached hydrogens (tertiary/aromatic N) is 1. The van der Waals surface area contributed by atoms with Crippen LogP contribution in [0.15, 0.2) is 58.1 Å². The average Bonchev–Trinajstić information content (AvgIpc) is 3.14. The minimum Gasteiger partial charge on any atom is -0.469 e. The molecule has 0 amide bonds. The SMILES string of the molecule is CCNC(=NCC(O)COCc1ccccc1)NCCc1ccco1. The molecule has 1 heterocycles. The van der Waals surface area contributed by atoms with Crippen molar-refractivity contribution in [3.8, 4) is 0 Å². The fourth-order valence-electron chi connectivity index (χ4n) is 2.24. The summed E-state index contributed by atoms with van der Waals surface area (Å²) in [4.78, 5) is 4.39. The van der Waals surface area contributed by atoms with Crippen molar-refractivity contribution >= 4 is 5.96 Å². The van der Waals surface area contributed by atoms with E-state index in [2.05, 4.69) is 15.6 Å². The zero-order valence-corrected chi connectivity index (χ0v) is 14.6. The third-order valence-electron chi connectivity index (χ3n) is 3.47. The van der Waals surface area contributed by atoms with E-state index in [0.29, 0.717) is 19.1 Å². The maximum absolute atomic E-state index is 10.0. The Bertz CT molecular complexity index is 600. The van der Waals surface area contributed by atoms with Crippen LogP contribution in [0.5, 0.6) is 0 Å². The molecule has 6 nitrogen and oxygen atoms in total. The van der Waals surface area contributed by atoms with Gasteiger partial charge in [0.1, 0.15) is 5.76 Å². The molecule has 0 aliphatic heterocycles. The molecule has 0 fully saturated rings. The van der Waals surface area contributed by atoms with Gasteiger partial charge in [0.05, 0.1) is 32.1 Å². The maximum atomic E-state index is 10.0. The van der Waals surface area contributed by atoms with Gasteiger partial charge in [-0.05, 0) is 24.6 Å². The molecule has 0 aliphatic carbocycles. The molecule has 1 aromatic carbocycles. The van der Waals surface area contributed by atoms with Crippen molar-refractivity contribution in [1.82, 2.24) is 10.6 Å². The quantitative estimate of drug-likeness (QED) is 0.453. The summed E-state index contributed by atoms with van der Waals surface area (Å²) >= 11 is 0. The van der Waals surface area contributed by atoms with Crippen molar-refractivity contribution in [3.63, 3.8) is 0 Å². The summed E-state index contributed by atoms with van der Waals surface area (Å²) in [5, 5.41) is 16.4. The second-order valence-electron chi connectivity index (χ2n) is 5.63. The summed E-state index contributed by atoms with van der Waals surface area (Å²) in [5.41, 5.74) is 1.09. The highest BCUT2D eigenvalue weighted by Gasteiger charge is 2.05. The molecule has 0 saturated carbocycles. The number of nitrogens with one attached hydrogen (secondary N) is 2. The fraction of sp³-hybridized carbons (Fsp3) is 0.421. The molecule has 1 aromatic heterocycles. The Morgan fingerprint density at radius 1 is 1.20 bits per heavy atom. The topological polar surface area (TPSA) is 79.0 Å². The number of ether oxygens (including phenoxy) is 1. The van der Waals surface area contributed by atoms with E-state index in [1.54, 1.807) is 6.26 Å². The molecule has 2 aromatic rings. The van der Waals surface area contributed by atoms with E-state index >= 15 is 0 Å². The number of guanidine groups is 1. The van der Waals surface area contributed by atoms with Gasteiger partial charge in [-0.2, -0.15) is 0 Å². The van der Waals surface area contributed by atoms with Gasteiger partial charge in [-0.3, -0.25) is 4.99 Å². The minimum atomic E-state index is -0.635. The highest BCUT2D eigenvalue weighted by Crippen LogP contribution is 2.01. The van der Waals surface area contributed by atoms with Gasteiger partial charge in [0.15, 0.2) is 5.96 Å². The minimum absolute atomic E-state index is 0.254. The first kappa shape index (κ1) is 19.0. The lowest BCUT2D eigenvalue weighted by atomic mass is 10.2. The second-order valence-corrected chi connectivity index (χ2v) is 5.63. The van der Waals surface area contributed by atoms with Gasteiger partial charge >= 0.3 is 0 Å². The van der Waals surface area contributed by atoms with Gasteiger partial charge in [0.25, 0.3) is 0 Å². The Kier molecular flexibility index (Phi) is 8.58. The molecule has 0 bridgehead atoms. The van der Waals surface area contributed by atoms with Crippen molar-refractivity contribution in [2.45, 2.75) is 26.1 Å². The standard InChI is InChI=1S/C19H27N3O3/c1-2-20-19(21-11-10-18-9-6-12-25-18)22-13-17(23)15-24-14-16-7-4-3-5-8-16/h3-9,12,17,23H,2,10-11,13-15H2,1H3,(H2,20,21,22). The lowest BCUT2D eigenvalue weighted by Gasteiger charge is -2.13. The Morgan fingerprint density at radius 2 is 2.04 bits per heavy atom. The van der Waals surface area contributed by atoms with Crippen LogP contribution in [0.3, 0.4) is 0 Å². The molecule has 6 heteroatoms. The lowest BCUT2D eigenvalue weighted by Crippen LogP contribution is -2.39. The number of aliphatic hydroxyl groups excluding tert-OH is 1. The summed E-state index contributed by atoms with van der Waals surface area (Å²) < 4.78 is 10.8. The Balaban J connectivity index is 1.67. The van der Waals surface area contributed by atoms with Crippen LogP contribution in [0, 0.1) is 0 Å². The van der Waals surface area contributed by atoms with Crippen LogP contribution in [0.2, 0.25) is 0 Å². The molecule has 25 heavy (non-hydrogen) atoms. The summed E-state index contributed by atoms with van der Waals surface area (Å²) in [7, 11) is 0. The van der Waals surface area contributed by atoms with E-state index in [1.807, 2.05) is 49.4 Å². The maximum Gasteiger partial charge on any atom is 0.191 e. The van der Waals surface area contributed by atoms with E-state index in [0.717, 1.165) is 24.3 Å². The first-order valence-electron chi connectivity index (χ1n) is 8.62. The Labute approximate surface area is 148 Å². The molecule has 3 N–H and O–H groups in total. The van der Waals surface area contributed by atoms with E-state index < -0.39 is 6.10 Å². The van der Waals surface area contributed by atoms with E-state index in [9.17, 15) is 5.11 Å². The second kappa shape index (κ2) is 11.3. The molecule has 0 aliphatic rings. The van der Waals surface area contributed by atoms with Crippen molar-refractivity contribution in [2.75, 3.05) is 26.2 Å². The van der Waals surface area contributed by atoms with Crippen LogP contribution in [-0.2, 0) is 17.8 Å². The van der Waals surface area contributed by atoms with Gasteiger partial charge in [0, 0.05) is 19.5 Å². The number of rotatable bonds is 10.